The molecule has 176 valence electrons. The molecular formula is C27H33NO4S. The van der Waals surface area contributed by atoms with Gasteiger partial charge in [-0.25, -0.2) is 4.79 Å². The van der Waals surface area contributed by atoms with Crippen molar-refractivity contribution in [1.82, 2.24) is 5.32 Å². The van der Waals surface area contributed by atoms with Crippen molar-refractivity contribution in [3.63, 3.8) is 0 Å². The molecule has 1 aliphatic carbocycles. The summed E-state index contributed by atoms with van der Waals surface area (Å²) in [5.74, 6) is 0.0226. The van der Waals surface area contributed by atoms with E-state index in [1.165, 1.54) is 34.0 Å². The number of hydrogen-bond donors (Lipinski definition) is 1. The Balaban J connectivity index is 1.33. The van der Waals surface area contributed by atoms with Crippen LogP contribution in [0, 0.1) is 5.41 Å². The predicted molar refractivity (Wildman–Crippen MR) is 132 cm³/mol. The first-order valence-corrected chi connectivity index (χ1v) is 12.3. The van der Waals surface area contributed by atoms with Crippen LogP contribution in [0.25, 0.3) is 11.1 Å². The van der Waals surface area contributed by atoms with E-state index in [1.807, 2.05) is 65.8 Å². The number of hydrogen-bond acceptors (Lipinski definition) is 5. The first kappa shape index (κ1) is 23.8. The molecule has 2 aliphatic rings. The van der Waals surface area contributed by atoms with Crippen LogP contribution in [0.5, 0.6) is 0 Å². The molecule has 1 N–H and O–H groups in total. The van der Waals surface area contributed by atoms with Crippen LogP contribution in [0.1, 0.15) is 58.6 Å². The fraction of sp³-hybridized carbons (Fsp3) is 0.481. The van der Waals surface area contributed by atoms with E-state index in [9.17, 15) is 9.59 Å². The third-order valence-corrected chi connectivity index (χ3v) is 7.67. The summed E-state index contributed by atoms with van der Waals surface area (Å²) in [7, 11) is 0. The Labute approximate surface area is 200 Å². The third kappa shape index (κ3) is 4.97. The number of nitrogens with one attached hydrogen (secondary N) is 1. The molecule has 3 atom stereocenters. The van der Waals surface area contributed by atoms with E-state index in [2.05, 4.69) is 29.6 Å². The minimum atomic E-state index is -0.625. The van der Waals surface area contributed by atoms with Gasteiger partial charge >= 0.3 is 6.09 Å². The Morgan fingerprint density at radius 2 is 1.55 bits per heavy atom. The van der Waals surface area contributed by atoms with Crippen molar-refractivity contribution in [2.24, 2.45) is 5.41 Å². The van der Waals surface area contributed by atoms with E-state index >= 15 is 0 Å². The summed E-state index contributed by atoms with van der Waals surface area (Å²) in [6, 6.07) is 16.3. The van der Waals surface area contributed by atoms with Crippen LogP contribution in [0.4, 0.5) is 4.79 Å². The summed E-state index contributed by atoms with van der Waals surface area (Å²) in [6.07, 6.45) is -0.888. The first-order valence-electron chi connectivity index (χ1n) is 11.5. The van der Waals surface area contributed by atoms with Crippen LogP contribution >= 0.6 is 11.8 Å². The number of rotatable bonds is 6. The van der Waals surface area contributed by atoms with E-state index in [-0.39, 0.29) is 40.6 Å². The lowest BCUT2D eigenvalue weighted by molar-refractivity contribution is -0.119. The van der Waals surface area contributed by atoms with Crippen LogP contribution in [0.3, 0.4) is 0 Å². The second kappa shape index (κ2) is 8.80. The third-order valence-electron chi connectivity index (χ3n) is 6.34. The lowest BCUT2D eigenvalue weighted by Gasteiger charge is -2.26. The van der Waals surface area contributed by atoms with Crippen molar-refractivity contribution in [2.45, 2.75) is 70.5 Å². The SMILES string of the molecule is C[C@H](NC(=O)OCC1c2ccccc2-c2ccccc21)[C@H]1O[C@@H]1C(C)(C)C(=O)SC(C)(C)C. The van der Waals surface area contributed by atoms with Crippen molar-refractivity contribution in [2.75, 3.05) is 6.61 Å². The number of fused-ring (bicyclic) bond motifs is 3. The fourth-order valence-electron chi connectivity index (χ4n) is 4.52. The van der Waals surface area contributed by atoms with E-state index < -0.39 is 11.5 Å². The molecule has 1 amide bonds. The van der Waals surface area contributed by atoms with Crippen LogP contribution in [0.15, 0.2) is 48.5 Å². The van der Waals surface area contributed by atoms with Gasteiger partial charge in [0.15, 0.2) is 5.12 Å². The smallest absolute Gasteiger partial charge is 0.407 e. The topological polar surface area (TPSA) is 67.9 Å². The molecule has 0 aromatic heterocycles. The number of thioether (sulfide) groups is 1. The Morgan fingerprint density at radius 3 is 2.09 bits per heavy atom. The van der Waals surface area contributed by atoms with Crippen LogP contribution in [-0.2, 0) is 14.3 Å². The molecule has 0 radical (unpaired) electrons. The molecule has 0 bridgehead atoms. The maximum atomic E-state index is 12.8. The summed E-state index contributed by atoms with van der Waals surface area (Å²) in [5, 5.41) is 3.01. The van der Waals surface area contributed by atoms with Gasteiger partial charge in [-0.3, -0.25) is 4.79 Å². The highest BCUT2D eigenvalue weighted by Crippen LogP contribution is 2.46. The Morgan fingerprint density at radius 1 is 1.00 bits per heavy atom. The van der Waals surface area contributed by atoms with Crippen molar-refractivity contribution in [3.8, 4) is 11.1 Å². The zero-order chi connectivity index (χ0) is 24.0. The number of benzene rings is 2. The zero-order valence-corrected chi connectivity index (χ0v) is 21.0. The summed E-state index contributed by atoms with van der Waals surface area (Å²) < 4.78 is 11.3. The van der Waals surface area contributed by atoms with Crippen molar-refractivity contribution in [3.05, 3.63) is 59.7 Å². The highest BCUT2D eigenvalue weighted by Gasteiger charge is 2.56. The minimum Gasteiger partial charge on any atom is -0.449 e. The molecule has 5 nitrogen and oxygen atoms in total. The van der Waals surface area contributed by atoms with Gasteiger partial charge in [0, 0.05) is 10.7 Å². The van der Waals surface area contributed by atoms with Gasteiger partial charge in [0.25, 0.3) is 0 Å². The summed E-state index contributed by atoms with van der Waals surface area (Å²) in [5.41, 5.74) is 4.14. The van der Waals surface area contributed by atoms with Crippen LogP contribution in [-0.4, -0.2) is 40.8 Å². The van der Waals surface area contributed by atoms with Gasteiger partial charge in [-0.2, -0.15) is 0 Å². The highest BCUT2D eigenvalue weighted by atomic mass is 32.2. The second-order valence-electron chi connectivity index (χ2n) is 10.5. The monoisotopic (exact) mass is 467 g/mol. The van der Waals surface area contributed by atoms with Gasteiger partial charge in [-0.1, -0.05) is 81.1 Å². The molecule has 1 saturated heterocycles. The molecule has 1 fully saturated rings. The fourth-order valence-corrected chi connectivity index (χ4v) is 5.45. The Kier molecular flexibility index (Phi) is 6.36. The molecule has 6 heteroatoms. The molecular weight excluding hydrogens is 434 g/mol. The maximum Gasteiger partial charge on any atom is 0.407 e. The zero-order valence-electron chi connectivity index (χ0n) is 20.2. The number of alkyl carbamates (subject to hydrolysis) is 1. The van der Waals surface area contributed by atoms with Crippen molar-refractivity contribution >= 4 is 23.0 Å². The van der Waals surface area contributed by atoms with Gasteiger partial charge in [0.05, 0.1) is 17.6 Å². The number of ether oxygens (including phenoxy) is 2. The molecule has 33 heavy (non-hydrogen) atoms. The molecule has 1 aliphatic heterocycles. The lowest BCUT2D eigenvalue weighted by atomic mass is 9.87. The molecule has 0 saturated carbocycles. The standard InChI is InChI=1S/C27H33NO4S/c1-16(22-23(32-22)27(5,6)24(29)33-26(2,3)4)28-25(30)31-15-21-19-13-9-7-11-17(19)18-12-8-10-14-20(18)21/h7-14,16,21-23H,15H2,1-6H3,(H,28,30)/t16-,22+,23-/m0/s1. The van der Waals surface area contributed by atoms with Gasteiger partial charge < -0.3 is 14.8 Å². The van der Waals surface area contributed by atoms with Crippen molar-refractivity contribution in [1.29, 1.82) is 0 Å². The number of epoxide rings is 1. The largest absolute Gasteiger partial charge is 0.449 e. The van der Waals surface area contributed by atoms with Gasteiger partial charge in [-0.15, -0.1) is 0 Å². The number of amides is 1. The number of carbonyl (C=O) groups is 2. The highest BCUT2D eigenvalue weighted by molar-refractivity contribution is 8.14. The van der Waals surface area contributed by atoms with E-state index in [0.29, 0.717) is 0 Å². The molecule has 0 unspecified atom stereocenters. The van der Waals surface area contributed by atoms with Gasteiger partial charge in [0.1, 0.15) is 12.7 Å². The second-order valence-corrected chi connectivity index (χ2v) is 12.3. The van der Waals surface area contributed by atoms with Crippen LogP contribution in [0.2, 0.25) is 0 Å². The predicted octanol–water partition coefficient (Wildman–Crippen LogP) is 5.77. The minimum absolute atomic E-state index is 0.0226. The van der Waals surface area contributed by atoms with Gasteiger partial charge in [0.2, 0.25) is 0 Å². The molecule has 4 rings (SSSR count). The normalized spacial score (nSPS) is 20.5. The Bertz CT molecular complexity index is 1010. The first-order chi connectivity index (χ1) is 15.5. The average molecular weight is 468 g/mol. The average Bonchev–Trinajstić information content (AvgIpc) is 3.50. The summed E-state index contributed by atoms with van der Waals surface area (Å²) >= 11 is 1.34. The lowest BCUT2D eigenvalue weighted by Crippen LogP contribution is -2.40. The van der Waals surface area contributed by atoms with Gasteiger partial charge in [-0.05, 0) is 43.0 Å². The molecule has 2 aromatic rings. The van der Waals surface area contributed by atoms with Crippen LogP contribution < -0.4 is 5.32 Å². The van der Waals surface area contributed by atoms with E-state index in [4.69, 9.17) is 9.47 Å². The van der Waals surface area contributed by atoms with E-state index in [0.717, 1.165) is 0 Å². The quantitative estimate of drug-likeness (QED) is 0.547. The molecule has 0 spiro atoms. The summed E-state index contributed by atoms with van der Waals surface area (Å²) in [6.45, 7) is 12.1. The van der Waals surface area contributed by atoms with Crippen molar-refractivity contribution < 1.29 is 19.1 Å². The molecule has 2 aromatic carbocycles. The number of carbonyl (C=O) groups excluding carboxylic acids is 2. The van der Waals surface area contributed by atoms with E-state index in [1.54, 1.807) is 0 Å². The molecule has 1 heterocycles. The maximum absolute atomic E-state index is 12.8. The Hall–Kier alpha value is -2.31. The summed E-state index contributed by atoms with van der Waals surface area (Å²) in [4.78, 5) is 25.4.